The smallest absolute Gasteiger partial charge is 0.234 e. The van der Waals surface area contributed by atoms with Crippen molar-refractivity contribution in [2.45, 2.75) is 30.6 Å². The van der Waals surface area contributed by atoms with Crippen molar-refractivity contribution in [3.8, 4) is 0 Å². The van der Waals surface area contributed by atoms with E-state index in [1.807, 2.05) is 0 Å². The van der Waals surface area contributed by atoms with Crippen molar-refractivity contribution < 1.29 is 9.90 Å². The summed E-state index contributed by atoms with van der Waals surface area (Å²) in [6, 6.07) is 6.28. The van der Waals surface area contributed by atoms with Crippen LogP contribution in [0.2, 0.25) is 0 Å². The maximum atomic E-state index is 11.3. The Hall–Kier alpha value is -1.00. The van der Waals surface area contributed by atoms with Gasteiger partial charge in [-0.2, -0.15) is 0 Å². The van der Waals surface area contributed by atoms with E-state index in [0.717, 1.165) is 36.3 Å². The van der Waals surface area contributed by atoms with Gasteiger partial charge in [0.2, 0.25) is 5.91 Å². The van der Waals surface area contributed by atoms with Crippen molar-refractivity contribution in [2.24, 2.45) is 0 Å². The van der Waals surface area contributed by atoms with Crippen molar-refractivity contribution in [3.05, 3.63) is 23.8 Å². The van der Waals surface area contributed by atoms with Crippen LogP contribution in [-0.4, -0.2) is 23.4 Å². The summed E-state index contributed by atoms with van der Waals surface area (Å²) in [5, 5.41) is 11.6. The molecule has 1 aromatic carbocycles. The molecule has 0 saturated heterocycles. The number of carbonyl (C=O) groups is 1. The lowest BCUT2D eigenvalue weighted by Gasteiger charge is -2.17. The van der Waals surface area contributed by atoms with Crippen LogP contribution in [-0.2, 0) is 11.2 Å². The lowest BCUT2D eigenvalue weighted by molar-refractivity contribution is -0.113. The molecule has 0 bridgehead atoms. The van der Waals surface area contributed by atoms with Gasteiger partial charge in [-0.1, -0.05) is 12.5 Å². The molecule has 0 fully saturated rings. The third-order valence-electron chi connectivity index (χ3n) is 2.80. The third-order valence-corrected chi connectivity index (χ3v) is 3.87. The van der Waals surface area contributed by atoms with Crippen molar-refractivity contribution in [3.63, 3.8) is 0 Å². The molecule has 0 atom stereocenters. The predicted molar refractivity (Wildman–Crippen MR) is 70.4 cm³/mol. The van der Waals surface area contributed by atoms with Gasteiger partial charge in [-0.15, -0.1) is 11.8 Å². The van der Waals surface area contributed by atoms with E-state index < -0.39 is 0 Å². The number of hydrogen-bond donors (Lipinski definition) is 2. The number of nitrogens with one attached hydrogen (secondary N) is 1. The first-order chi connectivity index (χ1) is 8.29. The number of rotatable bonds is 5. The zero-order valence-electron chi connectivity index (χ0n) is 9.74. The molecule has 1 amide bonds. The molecular formula is C13H17NO2S. The predicted octanol–water partition coefficient (Wildman–Crippen LogP) is 2.44. The molecule has 4 heteroatoms. The molecule has 92 valence electrons. The second kappa shape index (κ2) is 6.07. The second-order valence-corrected chi connectivity index (χ2v) is 5.22. The summed E-state index contributed by atoms with van der Waals surface area (Å²) in [5.74, 6) is 0.600. The van der Waals surface area contributed by atoms with Gasteiger partial charge in [0.05, 0.1) is 11.4 Å². The number of unbranched alkanes of at least 4 members (excludes halogenated alkanes) is 2. The van der Waals surface area contributed by atoms with Gasteiger partial charge in [-0.05, 0) is 37.0 Å². The molecule has 0 aliphatic carbocycles. The van der Waals surface area contributed by atoms with Crippen LogP contribution < -0.4 is 5.32 Å². The number of fused-ring (bicyclic) bond motifs is 1. The molecule has 1 heterocycles. The molecule has 17 heavy (non-hydrogen) atoms. The van der Waals surface area contributed by atoms with E-state index in [4.69, 9.17) is 5.11 Å². The highest BCUT2D eigenvalue weighted by molar-refractivity contribution is 8.00. The van der Waals surface area contributed by atoms with E-state index in [9.17, 15) is 4.79 Å². The zero-order valence-corrected chi connectivity index (χ0v) is 10.6. The Kier molecular flexibility index (Phi) is 4.45. The summed E-state index contributed by atoms with van der Waals surface area (Å²) in [6.07, 6.45) is 4.01. The minimum Gasteiger partial charge on any atom is -0.396 e. The molecule has 0 unspecified atom stereocenters. The minimum absolute atomic E-state index is 0.0833. The largest absolute Gasteiger partial charge is 0.396 e. The van der Waals surface area contributed by atoms with Crippen molar-refractivity contribution >= 4 is 23.4 Å². The molecule has 1 aromatic rings. The van der Waals surface area contributed by atoms with Gasteiger partial charge in [0.25, 0.3) is 0 Å². The number of aliphatic hydroxyl groups excluding tert-OH is 1. The van der Waals surface area contributed by atoms with Crippen LogP contribution in [0.4, 0.5) is 5.69 Å². The van der Waals surface area contributed by atoms with E-state index >= 15 is 0 Å². The topological polar surface area (TPSA) is 49.3 Å². The number of benzene rings is 1. The quantitative estimate of drug-likeness (QED) is 0.790. The van der Waals surface area contributed by atoms with Crippen LogP contribution in [0.25, 0.3) is 0 Å². The Morgan fingerprint density at radius 2 is 2.18 bits per heavy atom. The highest BCUT2D eigenvalue weighted by atomic mass is 32.2. The lowest BCUT2D eigenvalue weighted by Crippen LogP contribution is -2.18. The van der Waals surface area contributed by atoms with Crippen LogP contribution in [0.1, 0.15) is 24.8 Å². The van der Waals surface area contributed by atoms with Gasteiger partial charge in [0.1, 0.15) is 0 Å². The highest BCUT2D eigenvalue weighted by Gasteiger charge is 2.14. The number of carbonyl (C=O) groups excluding carboxylic acids is 1. The number of hydrogen-bond acceptors (Lipinski definition) is 3. The molecule has 3 nitrogen and oxygen atoms in total. The summed E-state index contributed by atoms with van der Waals surface area (Å²) in [7, 11) is 0. The van der Waals surface area contributed by atoms with Gasteiger partial charge in [0, 0.05) is 11.5 Å². The summed E-state index contributed by atoms with van der Waals surface area (Å²) in [5.41, 5.74) is 2.20. The second-order valence-electron chi connectivity index (χ2n) is 4.20. The standard InChI is InChI=1S/C13H17NO2S/c15-7-3-1-2-4-10-5-6-12-11(8-10)14-13(16)9-17-12/h5-6,8,15H,1-4,7,9H2,(H,14,16). The summed E-state index contributed by atoms with van der Waals surface area (Å²) in [6.45, 7) is 0.275. The van der Waals surface area contributed by atoms with Gasteiger partial charge < -0.3 is 10.4 Å². The number of amides is 1. The minimum atomic E-state index is 0.0833. The Morgan fingerprint density at radius 1 is 1.29 bits per heavy atom. The Labute approximate surface area is 106 Å². The third kappa shape index (κ3) is 3.48. The first kappa shape index (κ1) is 12.5. The maximum absolute atomic E-state index is 11.3. The number of aliphatic hydroxyl groups is 1. The molecule has 2 rings (SSSR count). The monoisotopic (exact) mass is 251 g/mol. The molecule has 0 saturated carbocycles. The first-order valence-corrected chi connectivity index (χ1v) is 6.94. The van der Waals surface area contributed by atoms with E-state index in [0.29, 0.717) is 5.75 Å². The van der Waals surface area contributed by atoms with Crippen molar-refractivity contribution in [1.29, 1.82) is 0 Å². The van der Waals surface area contributed by atoms with Gasteiger partial charge in [-0.25, -0.2) is 0 Å². The van der Waals surface area contributed by atoms with E-state index in [1.165, 1.54) is 5.56 Å². The first-order valence-electron chi connectivity index (χ1n) is 5.96. The zero-order chi connectivity index (χ0) is 12.1. The number of aryl methyl sites for hydroxylation is 1. The molecule has 1 aliphatic rings. The fourth-order valence-electron chi connectivity index (χ4n) is 1.90. The Balaban J connectivity index is 1.95. The Bertz CT molecular complexity index is 406. The van der Waals surface area contributed by atoms with Gasteiger partial charge in [-0.3, -0.25) is 4.79 Å². The van der Waals surface area contributed by atoms with Crippen LogP contribution >= 0.6 is 11.8 Å². The SMILES string of the molecule is O=C1CSc2ccc(CCCCCO)cc2N1. The highest BCUT2D eigenvalue weighted by Crippen LogP contribution is 2.32. The Morgan fingerprint density at radius 3 is 3.00 bits per heavy atom. The van der Waals surface area contributed by atoms with Crippen LogP contribution in [0.3, 0.4) is 0 Å². The van der Waals surface area contributed by atoms with E-state index in [1.54, 1.807) is 11.8 Å². The van der Waals surface area contributed by atoms with Gasteiger partial charge >= 0.3 is 0 Å². The van der Waals surface area contributed by atoms with Gasteiger partial charge in [0.15, 0.2) is 0 Å². The molecule has 1 aliphatic heterocycles. The van der Waals surface area contributed by atoms with Crippen LogP contribution in [0, 0.1) is 0 Å². The fraction of sp³-hybridized carbons (Fsp3) is 0.462. The summed E-state index contributed by atoms with van der Waals surface area (Å²) >= 11 is 1.59. The molecular weight excluding hydrogens is 234 g/mol. The molecule has 2 N–H and O–H groups in total. The number of thioether (sulfide) groups is 1. The molecule has 0 aromatic heterocycles. The average molecular weight is 251 g/mol. The summed E-state index contributed by atoms with van der Waals surface area (Å²) in [4.78, 5) is 12.4. The fourth-order valence-corrected chi connectivity index (χ4v) is 2.69. The van der Waals surface area contributed by atoms with Crippen molar-refractivity contribution in [1.82, 2.24) is 0 Å². The van der Waals surface area contributed by atoms with Crippen LogP contribution in [0.15, 0.2) is 23.1 Å². The molecule has 0 radical (unpaired) electrons. The lowest BCUT2D eigenvalue weighted by atomic mass is 10.1. The van der Waals surface area contributed by atoms with E-state index in [-0.39, 0.29) is 12.5 Å². The normalized spacial score (nSPS) is 14.3. The van der Waals surface area contributed by atoms with E-state index in [2.05, 4.69) is 23.5 Å². The maximum Gasteiger partial charge on any atom is 0.234 e. The van der Waals surface area contributed by atoms with Crippen molar-refractivity contribution in [2.75, 3.05) is 17.7 Å². The molecule has 0 spiro atoms. The van der Waals surface area contributed by atoms with Crippen LogP contribution in [0.5, 0.6) is 0 Å². The number of anilines is 1. The average Bonchev–Trinajstić information content (AvgIpc) is 2.34. The summed E-state index contributed by atoms with van der Waals surface area (Å²) < 4.78 is 0.